The van der Waals surface area contributed by atoms with Gasteiger partial charge in [0.2, 0.25) is 11.8 Å². The van der Waals surface area contributed by atoms with E-state index in [1.165, 1.54) is 19.3 Å². The Morgan fingerprint density at radius 2 is 1.78 bits per heavy atom. The molecule has 18 heavy (non-hydrogen) atoms. The van der Waals surface area contributed by atoms with Gasteiger partial charge in [0.1, 0.15) is 12.1 Å². The summed E-state index contributed by atoms with van der Waals surface area (Å²) in [7, 11) is 0. The van der Waals surface area contributed by atoms with Crippen LogP contribution in [0.15, 0.2) is 0 Å². The minimum absolute atomic E-state index is 0.00104. The SMILES string of the molecule is CC(C)C1NC(=O)C(C)N(C2CCCCC2)C1=O. The molecule has 2 aliphatic rings. The Balaban J connectivity index is 2.18. The van der Waals surface area contributed by atoms with E-state index in [1.54, 1.807) is 0 Å². The first-order valence-corrected chi connectivity index (χ1v) is 7.15. The maximum atomic E-state index is 12.5. The standard InChI is InChI=1S/C14H24N2O2/c1-9(2)12-14(18)16(10(3)13(17)15-12)11-7-5-4-6-8-11/h9-12H,4-8H2,1-3H3,(H,15,17). The van der Waals surface area contributed by atoms with Crippen molar-refractivity contribution >= 4 is 11.8 Å². The Bertz CT molecular complexity index is 335. The summed E-state index contributed by atoms with van der Waals surface area (Å²) in [5.74, 6) is 0.267. The Hall–Kier alpha value is -1.06. The van der Waals surface area contributed by atoms with Crippen molar-refractivity contribution in [1.29, 1.82) is 0 Å². The summed E-state index contributed by atoms with van der Waals surface area (Å²) in [5, 5.41) is 2.85. The number of hydrogen-bond donors (Lipinski definition) is 1. The van der Waals surface area contributed by atoms with Gasteiger partial charge in [0.05, 0.1) is 0 Å². The quantitative estimate of drug-likeness (QED) is 0.813. The van der Waals surface area contributed by atoms with E-state index in [0.29, 0.717) is 0 Å². The van der Waals surface area contributed by atoms with Gasteiger partial charge < -0.3 is 10.2 Å². The van der Waals surface area contributed by atoms with E-state index in [2.05, 4.69) is 5.32 Å². The van der Waals surface area contributed by atoms with Crippen LogP contribution in [-0.2, 0) is 9.59 Å². The number of carbonyl (C=O) groups excluding carboxylic acids is 2. The number of nitrogens with zero attached hydrogens (tertiary/aromatic N) is 1. The minimum atomic E-state index is -0.337. The van der Waals surface area contributed by atoms with E-state index in [4.69, 9.17) is 0 Å². The molecule has 102 valence electrons. The molecule has 0 radical (unpaired) electrons. The van der Waals surface area contributed by atoms with Crippen LogP contribution >= 0.6 is 0 Å². The first kappa shape index (κ1) is 13.4. The van der Waals surface area contributed by atoms with Gasteiger partial charge in [-0.15, -0.1) is 0 Å². The normalized spacial score (nSPS) is 30.8. The van der Waals surface area contributed by atoms with Crippen molar-refractivity contribution < 1.29 is 9.59 Å². The number of piperazine rings is 1. The van der Waals surface area contributed by atoms with Gasteiger partial charge in [-0.2, -0.15) is 0 Å². The first-order chi connectivity index (χ1) is 8.52. The molecule has 0 bridgehead atoms. The number of amides is 2. The van der Waals surface area contributed by atoms with Gasteiger partial charge in [-0.25, -0.2) is 0 Å². The highest BCUT2D eigenvalue weighted by Gasteiger charge is 2.42. The van der Waals surface area contributed by atoms with Gasteiger partial charge in [0, 0.05) is 6.04 Å². The number of nitrogens with one attached hydrogen (secondary N) is 1. The van der Waals surface area contributed by atoms with Gasteiger partial charge in [-0.3, -0.25) is 9.59 Å². The highest BCUT2D eigenvalue weighted by molar-refractivity contribution is 5.97. The van der Waals surface area contributed by atoms with Crippen molar-refractivity contribution in [3.63, 3.8) is 0 Å². The Morgan fingerprint density at radius 1 is 1.17 bits per heavy atom. The molecule has 0 aromatic heterocycles. The Kier molecular flexibility index (Phi) is 3.93. The lowest BCUT2D eigenvalue weighted by Crippen LogP contribution is -2.66. The van der Waals surface area contributed by atoms with Crippen molar-refractivity contribution in [3.05, 3.63) is 0 Å². The molecule has 0 aromatic carbocycles. The summed E-state index contributed by atoms with van der Waals surface area (Å²) >= 11 is 0. The third kappa shape index (κ3) is 2.38. The monoisotopic (exact) mass is 252 g/mol. The summed E-state index contributed by atoms with van der Waals surface area (Å²) in [6.07, 6.45) is 5.71. The van der Waals surface area contributed by atoms with Crippen LogP contribution in [0.25, 0.3) is 0 Å². The predicted molar refractivity (Wildman–Crippen MR) is 69.9 cm³/mol. The second-order valence-corrected chi connectivity index (χ2v) is 5.94. The molecular weight excluding hydrogens is 228 g/mol. The smallest absolute Gasteiger partial charge is 0.246 e. The number of rotatable bonds is 2. The van der Waals surface area contributed by atoms with E-state index in [-0.39, 0.29) is 35.9 Å². The molecule has 1 heterocycles. The summed E-state index contributed by atoms with van der Waals surface area (Å²) < 4.78 is 0. The lowest BCUT2D eigenvalue weighted by molar-refractivity contribution is -0.153. The van der Waals surface area contributed by atoms with Crippen molar-refractivity contribution in [2.24, 2.45) is 5.92 Å². The molecule has 1 saturated carbocycles. The number of hydrogen-bond acceptors (Lipinski definition) is 2. The fourth-order valence-corrected chi connectivity index (χ4v) is 3.12. The summed E-state index contributed by atoms with van der Waals surface area (Å²) in [6.45, 7) is 5.81. The van der Waals surface area contributed by atoms with Crippen LogP contribution in [0.3, 0.4) is 0 Å². The van der Waals surface area contributed by atoms with Crippen LogP contribution in [0.2, 0.25) is 0 Å². The zero-order valence-electron chi connectivity index (χ0n) is 11.6. The van der Waals surface area contributed by atoms with Crippen LogP contribution in [0.1, 0.15) is 52.9 Å². The Labute approximate surface area is 109 Å². The maximum absolute atomic E-state index is 12.5. The Morgan fingerprint density at radius 3 is 2.33 bits per heavy atom. The van der Waals surface area contributed by atoms with Crippen LogP contribution in [-0.4, -0.2) is 34.8 Å². The fourth-order valence-electron chi connectivity index (χ4n) is 3.12. The molecule has 0 aromatic rings. The molecule has 2 rings (SSSR count). The topological polar surface area (TPSA) is 49.4 Å². The predicted octanol–water partition coefficient (Wildman–Crippen LogP) is 1.69. The van der Waals surface area contributed by atoms with Crippen LogP contribution in [0.5, 0.6) is 0 Å². The van der Waals surface area contributed by atoms with Gasteiger partial charge >= 0.3 is 0 Å². The molecule has 2 amide bonds. The molecule has 2 atom stereocenters. The van der Waals surface area contributed by atoms with Crippen molar-refractivity contribution in [2.45, 2.75) is 71.0 Å². The van der Waals surface area contributed by atoms with Gasteiger partial charge in [0.15, 0.2) is 0 Å². The van der Waals surface area contributed by atoms with Crippen LogP contribution < -0.4 is 5.32 Å². The average Bonchev–Trinajstić information content (AvgIpc) is 2.35. The highest BCUT2D eigenvalue weighted by Crippen LogP contribution is 2.27. The lowest BCUT2D eigenvalue weighted by Gasteiger charge is -2.44. The van der Waals surface area contributed by atoms with Gasteiger partial charge in [-0.1, -0.05) is 33.1 Å². The van der Waals surface area contributed by atoms with Crippen molar-refractivity contribution in [2.75, 3.05) is 0 Å². The number of carbonyl (C=O) groups is 2. The third-order valence-electron chi connectivity index (χ3n) is 4.25. The highest BCUT2D eigenvalue weighted by atomic mass is 16.2. The van der Waals surface area contributed by atoms with Crippen LogP contribution in [0.4, 0.5) is 0 Å². The van der Waals surface area contributed by atoms with E-state index >= 15 is 0 Å². The molecule has 1 N–H and O–H groups in total. The third-order valence-corrected chi connectivity index (χ3v) is 4.25. The molecular formula is C14H24N2O2. The van der Waals surface area contributed by atoms with E-state index in [0.717, 1.165) is 12.8 Å². The molecule has 1 aliphatic carbocycles. The van der Waals surface area contributed by atoms with Crippen molar-refractivity contribution in [3.8, 4) is 0 Å². The van der Waals surface area contributed by atoms with E-state index < -0.39 is 0 Å². The van der Waals surface area contributed by atoms with Gasteiger partial charge in [0.25, 0.3) is 0 Å². The molecule has 0 spiro atoms. The zero-order chi connectivity index (χ0) is 13.3. The van der Waals surface area contributed by atoms with Crippen molar-refractivity contribution in [1.82, 2.24) is 10.2 Å². The van der Waals surface area contributed by atoms with E-state index in [9.17, 15) is 9.59 Å². The summed E-state index contributed by atoms with van der Waals surface area (Å²) in [4.78, 5) is 26.4. The average molecular weight is 252 g/mol. The molecule has 1 saturated heterocycles. The second kappa shape index (κ2) is 5.29. The second-order valence-electron chi connectivity index (χ2n) is 5.94. The molecule has 1 aliphatic heterocycles. The zero-order valence-corrected chi connectivity index (χ0v) is 11.6. The maximum Gasteiger partial charge on any atom is 0.246 e. The molecule has 2 fully saturated rings. The summed E-state index contributed by atoms with van der Waals surface area (Å²) in [5.41, 5.74) is 0. The van der Waals surface area contributed by atoms with E-state index in [1.807, 2.05) is 25.7 Å². The molecule has 4 heteroatoms. The first-order valence-electron chi connectivity index (χ1n) is 7.15. The largest absolute Gasteiger partial charge is 0.342 e. The lowest BCUT2D eigenvalue weighted by atomic mass is 9.90. The van der Waals surface area contributed by atoms with Gasteiger partial charge in [-0.05, 0) is 25.7 Å². The minimum Gasteiger partial charge on any atom is -0.342 e. The molecule has 4 nitrogen and oxygen atoms in total. The fraction of sp³-hybridized carbons (Fsp3) is 0.857. The van der Waals surface area contributed by atoms with Crippen LogP contribution in [0, 0.1) is 5.92 Å². The molecule has 2 unspecified atom stereocenters. The summed E-state index contributed by atoms with van der Waals surface area (Å²) in [6, 6.07) is -0.375.